The van der Waals surface area contributed by atoms with Crippen LogP contribution in [0.25, 0.3) is 0 Å². The van der Waals surface area contributed by atoms with E-state index in [4.69, 9.17) is 0 Å². The first kappa shape index (κ1) is 23.3. The fourth-order valence-electron chi connectivity index (χ4n) is 3.37. The van der Waals surface area contributed by atoms with Gasteiger partial charge in [-0.3, -0.25) is 4.79 Å². The van der Waals surface area contributed by atoms with Crippen LogP contribution in [-0.4, -0.2) is 15.9 Å². The van der Waals surface area contributed by atoms with Gasteiger partial charge in [0.15, 0.2) is 0 Å². The van der Waals surface area contributed by atoms with Crippen LogP contribution in [0.15, 0.2) is 42.6 Å². The quantitative estimate of drug-likeness (QED) is 0.416. The lowest BCUT2D eigenvalue weighted by Crippen LogP contribution is -2.16. The molecule has 0 radical (unpaired) electrons. The lowest BCUT2D eigenvalue weighted by molar-refractivity contribution is -0.139. The molecule has 1 aromatic heterocycles. The van der Waals surface area contributed by atoms with Crippen molar-refractivity contribution in [1.82, 2.24) is 9.97 Å². The summed E-state index contributed by atoms with van der Waals surface area (Å²) in [5, 5.41) is 7.53. The second-order valence-corrected chi connectivity index (χ2v) is 7.33. The van der Waals surface area contributed by atoms with Crippen molar-refractivity contribution in [3.63, 3.8) is 0 Å². The first-order valence-electron chi connectivity index (χ1n) is 9.63. The minimum atomic E-state index is -4.91. The molecule has 0 bridgehead atoms. The summed E-state index contributed by atoms with van der Waals surface area (Å²) < 4.78 is 93.4. The summed E-state index contributed by atoms with van der Waals surface area (Å²) in [5.74, 6) is -2.26. The molecule has 3 N–H and O–H groups in total. The first-order valence-corrected chi connectivity index (χ1v) is 9.63. The molecule has 1 aliphatic rings. The van der Waals surface area contributed by atoms with Crippen LogP contribution in [0.4, 0.5) is 53.9 Å². The second-order valence-electron chi connectivity index (χ2n) is 7.33. The number of hydrogen-bond donors (Lipinski definition) is 3. The SMILES string of the molecule is O=C1Cc2ccc(Nc3ncc(C(F)(F)F)c(NCc4cc(F)ccc4C(F)(F)F)n3)cc2N1. The molecule has 0 saturated heterocycles. The predicted octanol–water partition coefficient (Wildman–Crippen LogP) is 5.50. The van der Waals surface area contributed by atoms with Crippen LogP contribution in [0.2, 0.25) is 0 Å². The van der Waals surface area contributed by atoms with Gasteiger partial charge in [-0.05, 0) is 41.5 Å². The Kier molecular flexibility index (Phi) is 5.79. The number of fused-ring (bicyclic) bond motifs is 1. The van der Waals surface area contributed by atoms with E-state index < -0.39 is 47.2 Å². The maximum atomic E-state index is 13.5. The molecule has 2 heterocycles. The van der Waals surface area contributed by atoms with Crippen LogP contribution in [0.3, 0.4) is 0 Å². The highest BCUT2D eigenvalue weighted by Gasteiger charge is 2.36. The molecule has 0 fully saturated rings. The number of hydrogen-bond acceptors (Lipinski definition) is 5. The maximum Gasteiger partial charge on any atom is 0.421 e. The van der Waals surface area contributed by atoms with Crippen LogP contribution in [0, 0.1) is 5.82 Å². The van der Waals surface area contributed by atoms with Crippen molar-refractivity contribution in [3.05, 3.63) is 70.7 Å². The fourth-order valence-corrected chi connectivity index (χ4v) is 3.37. The molecule has 0 atom stereocenters. The summed E-state index contributed by atoms with van der Waals surface area (Å²) in [6.45, 7) is -0.781. The zero-order valence-electron chi connectivity index (χ0n) is 16.9. The van der Waals surface area contributed by atoms with Crippen LogP contribution >= 0.6 is 0 Å². The number of nitrogens with zero attached hydrogens (tertiary/aromatic N) is 2. The standard InChI is InChI=1S/C21H14F7N5O/c22-12-2-4-14(20(23,24)25)11(5-12)8-29-18-15(21(26,27)28)9-30-19(33-18)31-13-3-1-10-6-17(34)32-16(10)7-13/h1-5,7,9H,6,8H2,(H,32,34)(H2,29,30,31,33). The Morgan fingerprint density at radius 3 is 2.41 bits per heavy atom. The monoisotopic (exact) mass is 485 g/mol. The number of halogens is 7. The van der Waals surface area contributed by atoms with Gasteiger partial charge in [0.25, 0.3) is 0 Å². The highest BCUT2D eigenvalue weighted by molar-refractivity contribution is 5.99. The normalized spacial score (nSPS) is 13.4. The molecule has 1 aliphatic heterocycles. The van der Waals surface area contributed by atoms with Gasteiger partial charge in [-0.2, -0.15) is 31.3 Å². The van der Waals surface area contributed by atoms with Crippen molar-refractivity contribution in [2.75, 3.05) is 16.0 Å². The third-order valence-electron chi connectivity index (χ3n) is 4.90. The first-order chi connectivity index (χ1) is 15.9. The molecule has 13 heteroatoms. The molecule has 3 aromatic rings. The molecule has 6 nitrogen and oxygen atoms in total. The summed E-state index contributed by atoms with van der Waals surface area (Å²) in [6.07, 6.45) is -9.07. The van der Waals surface area contributed by atoms with Crippen LogP contribution in [0.1, 0.15) is 22.3 Å². The Bertz CT molecular complexity index is 1260. The van der Waals surface area contributed by atoms with Gasteiger partial charge in [0.05, 0.1) is 12.0 Å². The van der Waals surface area contributed by atoms with Gasteiger partial charge >= 0.3 is 12.4 Å². The maximum absolute atomic E-state index is 13.5. The molecule has 2 aromatic carbocycles. The smallest absolute Gasteiger partial charge is 0.365 e. The summed E-state index contributed by atoms with van der Waals surface area (Å²) in [7, 11) is 0. The number of alkyl halides is 6. The Balaban J connectivity index is 1.62. The van der Waals surface area contributed by atoms with Gasteiger partial charge in [0, 0.05) is 24.1 Å². The average molecular weight is 485 g/mol. The van der Waals surface area contributed by atoms with Crippen LogP contribution in [0.5, 0.6) is 0 Å². The Morgan fingerprint density at radius 1 is 0.971 bits per heavy atom. The van der Waals surface area contributed by atoms with Gasteiger partial charge in [-0.15, -0.1) is 0 Å². The molecule has 0 aliphatic carbocycles. The Labute approximate surface area is 187 Å². The van der Waals surface area contributed by atoms with Crippen molar-refractivity contribution in [3.8, 4) is 0 Å². The van der Waals surface area contributed by atoms with Crippen molar-refractivity contribution >= 4 is 29.0 Å². The van der Waals surface area contributed by atoms with E-state index in [2.05, 4.69) is 25.9 Å². The van der Waals surface area contributed by atoms with Gasteiger partial charge in [0.2, 0.25) is 11.9 Å². The lowest BCUT2D eigenvalue weighted by atomic mass is 10.1. The number of aromatic nitrogens is 2. The van der Waals surface area contributed by atoms with E-state index in [0.29, 0.717) is 35.8 Å². The van der Waals surface area contributed by atoms with E-state index in [1.54, 1.807) is 12.1 Å². The third-order valence-corrected chi connectivity index (χ3v) is 4.90. The number of rotatable bonds is 5. The number of benzene rings is 2. The Morgan fingerprint density at radius 2 is 1.71 bits per heavy atom. The molecule has 1 amide bonds. The molecule has 0 spiro atoms. The van der Waals surface area contributed by atoms with E-state index in [-0.39, 0.29) is 18.3 Å². The van der Waals surface area contributed by atoms with Crippen molar-refractivity contribution in [1.29, 1.82) is 0 Å². The number of nitrogens with one attached hydrogen (secondary N) is 3. The summed E-state index contributed by atoms with van der Waals surface area (Å²) in [6, 6.07) is 6.45. The zero-order chi connectivity index (χ0) is 24.7. The minimum Gasteiger partial charge on any atom is -0.365 e. The molecular weight excluding hydrogens is 471 g/mol. The van der Waals surface area contributed by atoms with Crippen LogP contribution in [-0.2, 0) is 30.1 Å². The van der Waals surface area contributed by atoms with Crippen molar-refractivity contribution in [2.24, 2.45) is 0 Å². The topological polar surface area (TPSA) is 78.9 Å². The number of carbonyl (C=O) groups is 1. The van der Waals surface area contributed by atoms with E-state index in [1.807, 2.05) is 0 Å². The summed E-state index contributed by atoms with van der Waals surface area (Å²) in [5.41, 5.74) is -1.49. The summed E-state index contributed by atoms with van der Waals surface area (Å²) >= 11 is 0. The fraction of sp³-hybridized carbons (Fsp3) is 0.190. The van der Waals surface area contributed by atoms with E-state index in [1.165, 1.54) is 6.07 Å². The zero-order valence-corrected chi connectivity index (χ0v) is 16.9. The molecule has 178 valence electrons. The lowest BCUT2D eigenvalue weighted by Gasteiger charge is -2.17. The predicted molar refractivity (Wildman–Crippen MR) is 108 cm³/mol. The number of carbonyl (C=O) groups excluding carboxylic acids is 1. The van der Waals surface area contributed by atoms with Crippen molar-refractivity contribution in [2.45, 2.75) is 25.3 Å². The minimum absolute atomic E-state index is 0.195. The number of amides is 1. The molecular formula is C21H14F7N5O. The third kappa shape index (κ3) is 5.02. The molecule has 0 saturated carbocycles. The molecule has 4 rings (SSSR count). The molecule has 0 unspecified atom stereocenters. The van der Waals surface area contributed by atoms with E-state index in [9.17, 15) is 35.5 Å². The highest BCUT2D eigenvalue weighted by Crippen LogP contribution is 2.36. The van der Waals surface area contributed by atoms with Gasteiger partial charge in [-0.1, -0.05) is 6.07 Å². The average Bonchev–Trinajstić information content (AvgIpc) is 3.10. The van der Waals surface area contributed by atoms with E-state index >= 15 is 0 Å². The van der Waals surface area contributed by atoms with Gasteiger partial charge in [-0.25, -0.2) is 9.37 Å². The van der Waals surface area contributed by atoms with E-state index in [0.717, 1.165) is 5.56 Å². The number of anilines is 4. The largest absolute Gasteiger partial charge is 0.421 e. The van der Waals surface area contributed by atoms with Crippen molar-refractivity contribution < 1.29 is 35.5 Å². The highest BCUT2D eigenvalue weighted by atomic mass is 19.4. The second kappa shape index (κ2) is 8.47. The van der Waals surface area contributed by atoms with Gasteiger partial charge in [0.1, 0.15) is 17.2 Å². The van der Waals surface area contributed by atoms with Crippen LogP contribution < -0.4 is 16.0 Å². The summed E-state index contributed by atoms with van der Waals surface area (Å²) in [4.78, 5) is 18.9. The Hall–Kier alpha value is -3.90. The van der Waals surface area contributed by atoms with Gasteiger partial charge < -0.3 is 16.0 Å². The molecule has 34 heavy (non-hydrogen) atoms.